The lowest BCUT2D eigenvalue weighted by Gasteiger charge is -2.16. The van der Waals surface area contributed by atoms with Crippen LogP contribution in [0.2, 0.25) is 0 Å². The van der Waals surface area contributed by atoms with Crippen molar-refractivity contribution in [3.05, 3.63) is 23.8 Å². The van der Waals surface area contributed by atoms with Crippen LogP contribution in [-0.4, -0.2) is 31.6 Å². The van der Waals surface area contributed by atoms with E-state index in [1.54, 1.807) is 25.3 Å². The molecule has 0 amide bonds. The van der Waals surface area contributed by atoms with Crippen LogP contribution in [0.25, 0.3) is 0 Å². The van der Waals surface area contributed by atoms with E-state index in [1.807, 2.05) is 0 Å². The average Bonchev–Trinajstić information content (AvgIpc) is 2.85. The Balaban J connectivity index is 2.03. The number of ether oxygens (including phenoxy) is 3. The van der Waals surface area contributed by atoms with Crippen LogP contribution in [0.3, 0.4) is 0 Å². The van der Waals surface area contributed by atoms with Gasteiger partial charge in [-0.3, -0.25) is 9.59 Å². The van der Waals surface area contributed by atoms with Gasteiger partial charge in [-0.2, -0.15) is 0 Å². The topological polar surface area (TPSA) is 61.8 Å². The minimum atomic E-state index is -0.267. The van der Waals surface area contributed by atoms with Gasteiger partial charge in [0.15, 0.2) is 11.5 Å². The summed E-state index contributed by atoms with van der Waals surface area (Å²) < 4.78 is 16.3. The minimum Gasteiger partial charge on any atom is -0.493 e. The first kappa shape index (κ1) is 14.4. The van der Waals surface area contributed by atoms with Crippen molar-refractivity contribution in [1.29, 1.82) is 0 Å². The molecule has 20 heavy (non-hydrogen) atoms. The van der Waals surface area contributed by atoms with Crippen LogP contribution in [0.4, 0.5) is 0 Å². The summed E-state index contributed by atoms with van der Waals surface area (Å²) in [6.07, 6.45) is 2.91. The first-order valence-corrected chi connectivity index (χ1v) is 6.59. The lowest BCUT2D eigenvalue weighted by atomic mass is 10.2. The molecular formula is C15H18O5. The van der Waals surface area contributed by atoms with Crippen molar-refractivity contribution in [3.8, 4) is 11.5 Å². The van der Waals surface area contributed by atoms with Gasteiger partial charge in [0.05, 0.1) is 7.11 Å². The summed E-state index contributed by atoms with van der Waals surface area (Å²) in [4.78, 5) is 21.7. The Labute approximate surface area is 117 Å². The van der Waals surface area contributed by atoms with Crippen LogP contribution in [-0.2, 0) is 9.53 Å². The number of benzene rings is 1. The fraction of sp³-hybridized carbons (Fsp3) is 0.467. The molecule has 2 atom stereocenters. The fourth-order valence-electron chi connectivity index (χ4n) is 2.39. The van der Waals surface area contributed by atoms with Gasteiger partial charge in [-0.15, -0.1) is 0 Å². The molecule has 108 valence electrons. The third-order valence-corrected chi connectivity index (χ3v) is 3.29. The molecular weight excluding hydrogens is 260 g/mol. The molecule has 5 heteroatoms. The minimum absolute atomic E-state index is 0.0323. The number of methoxy groups -OCH3 is 1. The Morgan fingerprint density at radius 2 is 2.00 bits per heavy atom. The van der Waals surface area contributed by atoms with Gasteiger partial charge in [0.1, 0.15) is 18.5 Å². The fourth-order valence-corrected chi connectivity index (χ4v) is 2.39. The maximum atomic E-state index is 10.9. The van der Waals surface area contributed by atoms with Crippen molar-refractivity contribution in [2.75, 3.05) is 7.11 Å². The number of rotatable bonds is 5. The molecule has 0 N–H and O–H groups in total. The molecule has 1 saturated carbocycles. The second kappa shape index (κ2) is 6.41. The summed E-state index contributed by atoms with van der Waals surface area (Å²) in [6.45, 7) is 1.41. The van der Waals surface area contributed by atoms with Gasteiger partial charge < -0.3 is 14.2 Å². The van der Waals surface area contributed by atoms with E-state index in [1.165, 1.54) is 6.92 Å². The monoisotopic (exact) mass is 278 g/mol. The molecule has 1 aromatic carbocycles. The molecule has 2 unspecified atom stereocenters. The third kappa shape index (κ3) is 3.50. The Bertz CT molecular complexity index is 497. The smallest absolute Gasteiger partial charge is 0.302 e. The van der Waals surface area contributed by atoms with Crippen molar-refractivity contribution in [2.24, 2.45) is 0 Å². The normalized spacial score (nSPS) is 21.3. The molecule has 1 aliphatic rings. The quantitative estimate of drug-likeness (QED) is 0.611. The Hall–Kier alpha value is -2.04. The first-order chi connectivity index (χ1) is 9.62. The zero-order chi connectivity index (χ0) is 14.5. The summed E-state index contributed by atoms with van der Waals surface area (Å²) in [5.41, 5.74) is 0.537. The second-order valence-electron chi connectivity index (χ2n) is 4.81. The van der Waals surface area contributed by atoms with E-state index >= 15 is 0 Å². The molecule has 0 radical (unpaired) electrons. The van der Waals surface area contributed by atoms with Crippen LogP contribution in [0, 0.1) is 0 Å². The highest BCUT2D eigenvalue weighted by molar-refractivity contribution is 5.76. The molecule has 0 spiro atoms. The molecule has 1 aliphatic carbocycles. The van der Waals surface area contributed by atoms with Crippen LogP contribution in [0.15, 0.2) is 18.2 Å². The summed E-state index contributed by atoms with van der Waals surface area (Å²) in [5.74, 6) is 0.869. The van der Waals surface area contributed by atoms with Crippen molar-refractivity contribution in [1.82, 2.24) is 0 Å². The molecule has 0 saturated heterocycles. The van der Waals surface area contributed by atoms with Gasteiger partial charge >= 0.3 is 5.97 Å². The summed E-state index contributed by atoms with van der Waals surface area (Å²) in [7, 11) is 1.55. The van der Waals surface area contributed by atoms with E-state index in [-0.39, 0.29) is 18.2 Å². The van der Waals surface area contributed by atoms with Crippen molar-refractivity contribution >= 4 is 12.3 Å². The molecule has 1 aromatic rings. The standard InChI is InChI=1S/C15H18O5/c1-10(17)19-12-4-5-13(8-12)20-15-7-11(9-16)3-6-14(15)18-2/h3,6-7,9,12-13H,4-5,8H2,1-2H3. The van der Waals surface area contributed by atoms with Gasteiger partial charge in [-0.1, -0.05) is 0 Å². The van der Waals surface area contributed by atoms with E-state index in [0.29, 0.717) is 23.5 Å². The van der Waals surface area contributed by atoms with Crippen molar-refractivity contribution in [3.63, 3.8) is 0 Å². The molecule has 0 bridgehead atoms. The number of carbonyl (C=O) groups excluding carboxylic acids is 2. The SMILES string of the molecule is COc1ccc(C=O)cc1OC1CCC(OC(C)=O)C1. The highest BCUT2D eigenvalue weighted by atomic mass is 16.6. The van der Waals surface area contributed by atoms with Gasteiger partial charge in [0.2, 0.25) is 0 Å². The summed E-state index contributed by atoms with van der Waals surface area (Å²) >= 11 is 0. The van der Waals surface area contributed by atoms with Crippen molar-refractivity contribution < 1.29 is 23.8 Å². The maximum Gasteiger partial charge on any atom is 0.302 e. The maximum absolute atomic E-state index is 10.9. The number of hydrogen-bond acceptors (Lipinski definition) is 5. The molecule has 0 aromatic heterocycles. The van der Waals surface area contributed by atoms with Gasteiger partial charge in [0, 0.05) is 18.9 Å². The van der Waals surface area contributed by atoms with Gasteiger partial charge in [0.25, 0.3) is 0 Å². The number of hydrogen-bond donors (Lipinski definition) is 0. The van der Waals surface area contributed by atoms with Crippen LogP contribution in [0.5, 0.6) is 11.5 Å². The summed E-state index contributed by atoms with van der Waals surface area (Å²) in [6, 6.07) is 5.04. The van der Waals surface area contributed by atoms with Gasteiger partial charge in [-0.05, 0) is 31.0 Å². The van der Waals surface area contributed by atoms with Gasteiger partial charge in [-0.25, -0.2) is 0 Å². The lowest BCUT2D eigenvalue weighted by Crippen LogP contribution is -2.17. The van der Waals surface area contributed by atoms with Crippen molar-refractivity contribution in [2.45, 2.75) is 38.4 Å². The first-order valence-electron chi connectivity index (χ1n) is 6.59. The Morgan fingerprint density at radius 1 is 1.25 bits per heavy atom. The zero-order valence-corrected chi connectivity index (χ0v) is 11.6. The molecule has 0 aliphatic heterocycles. The van der Waals surface area contributed by atoms with E-state index < -0.39 is 0 Å². The largest absolute Gasteiger partial charge is 0.493 e. The van der Waals surface area contributed by atoms with E-state index in [2.05, 4.69) is 0 Å². The number of esters is 1. The molecule has 1 fully saturated rings. The van der Waals surface area contributed by atoms with E-state index in [0.717, 1.165) is 19.1 Å². The lowest BCUT2D eigenvalue weighted by molar-refractivity contribution is -0.146. The number of aldehydes is 1. The summed E-state index contributed by atoms with van der Waals surface area (Å²) in [5, 5.41) is 0. The predicted octanol–water partition coefficient (Wildman–Crippen LogP) is 2.37. The Kier molecular flexibility index (Phi) is 4.61. The predicted molar refractivity (Wildman–Crippen MR) is 72.2 cm³/mol. The number of carbonyl (C=O) groups is 2. The van der Waals surface area contributed by atoms with Crippen LogP contribution in [0.1, 0.15) is 36.5 Å². The highest BCUT2D eigenvalue weighted by Gasteiger charge is 2.29. The second-order valence-corrected chi connectivity index (χ2v) is 4.81. The van der Waals surface area contributed by atoms with E-state index in [9.17, 15) is 9.59 Å². The van der Waals surface area contributed by atoms with Crippen LogP contribution < -0.4 is 9.47 Å². The molecule has 2 rings (SSSR count). The molecule has 0 heterocycles. The van der Waals surface area contributed by atoms with Crippen LogP contribution >= 0.6 is 0 Å². The van der Waals surface area contributed by atoms with E-state index in [4.69, 9.17) is 14.2 Å². The molecule has 5 nitrogen and oxygen atoms in total. The zero-order valence-electron chi connectivity index (χ0n) is 11.6. The average molecular weight is 278 g/mol. The highest BCUT2D eigenvalue weighted by Crippen LogP contribution is 2.33. The Morgan fingerprint density at radius 3 is 2.65 bits per heavy atom. The third-order valence-electron chi connectivity index (χ3n) is 3.29.